The van der Waals surface area contributed by atoms with Gasteiger partial charge in [-0.3, -0.25) is 13.9 Å². The van der Waals surface area contributed by atoms with Crippen LogP contribution in [0.25, 0.3) is 0 Å². The molecule has 0 radical (unpaired) electrons. The highest BCUT2D eigenvalue weighted by atomic mass is 32.2. The molecule has 0 fully saturated rings. The number of carbonyl (C=O) groups excluding carboxylic acids is 2. The second-order valence-corrected chi connectivity index (χ2v) is 11.2. The first kappa shape index (κ1) is 30.5. The Morgan fingerprint density at radius 3 is 2.10 bits per heavy atom. The Bertz CT molecular complexity index is 1380. The van der Waals surface area contributed by atoms with Gasteiger partial charge in [0.2, 0.25) is 11.8 Å². The first-order chi connectivity index (χ1) is 19.1. The number of methoxy groups -OCH3 is 2. The van der Waals surface area contributed by atoms with E-state index >= 15 is 0 Å². The fourth-order valence-electron chi connectivity index (χ4n) is 4.05. The Labute approximate surface area is 236 Å². The Balaban J connectivity index is 2.09. The van der Waals surface area contributed by atoms with Gasteiger partial charge >= 0.3 is 0 Å². The molecular formula is C30H37N3O6S. The van der Waals surface area contributed by atoms with E-state index < -0.39 is 28.5 Å². The van der Waals surface area contributed by atoms with Crippen LogP contribution < -0.4 is 19.1 Å². The van der Waals surface area contributed by atoms with Crippen molar-refractivity contribution in [3.63, 3.8) is 0 Å². The second-order valence-electron chi connectivity index (χ2n) is 9.36. The summed E-state index contributed by atoms with van der Waals surface area (Å²) in [5.41, 5.74) is 0.936. The molecule has 3 rings (SSSR count). The number of rotatable bonds is 13. The van der Waals surface area contributed by atoms with Gasteiger partial charge in [-0.25, -0.2) is 8.42 Å². The number of nitrogens with one attached hydrogen (secondary N) is 1. The fraction of sp³-hybridized carbons (Fsp3) is 0.333. The first-order valence-corrected chi connectivity index (χ1v) is 14.5. The summed E-state index contributed by atoms with van der Waals surface area (Å²) in [6.45, 7) is 5.02. The molecule has 0 aliphatic rings. The van der Waals surface area contributed by atoms with Crippen LogP contribution in [0.3, 0.4) is 0 Å². The van der Waals surface area contributed by atoms with Crippen molar-refractivity contribution in [3.05, 3.63) is 84.4 Å². The lowest BCUT2D eigenvalue weighted by molar-refractivity contribution is -0.139. The van der Waals surface area contributed by atoms with E-state index in [0.29, 0.717) is 5.75 Å². The minimum absolute atomic E-state index is 0.00449. The van der Waals surface area contributed by atoms with Gasteiger partial charge < -0.3 is 19.7 Å². The summed E-state index contributed by atoms with van der Waals surface area (Å²) < 4.78 is 39.8. The SMILES string of the molecule is CC[C@H](C)NC(=O)[C@@H](C)N(Cc1ccccc1)C(=O)CN(c1cc(OC)ccc1OC)S(=O)(=O)c1ccccc1. The average Bonchev–Trinajstić information content (AvgIpc) is 2.98. The summed E-state index contributed by atoms with van der Waals surface area (Å²) in [5.74, 6) is -0.251. The topological polar surface area (TPSA) is 105 Å². The second kappa shape index (κ2) is 13.8. The Hall–Kier alpha value is -4.05. The average molecular weight is 568 g/mol. The minimum atomic E-state index is -4.23. The summed E-state index contributed by atoms with van der Waals surface area (Å²) in [4.78, 5) is 28.6. The molecule has 9 nitrogen and oxygen atoms in total. The van der Waals surface area contributed by atoms with E-state index in [9.17, 15) is 18.0 Å². The number of amides is 2. The Morgan fingerprint density at radius 1 is 0.900 bits per heavy atom. The van der Waals surface area contributed by atoms with Gasteiger partial charge in [0.15, 0.2) is 0 Å². The van der Waals surface area contributed by atoms with Crippen LogP contribution in [0.4, 0.5) is 5.69 Å². The van der Waals surface area contributed by atoms with Crippen LogP contribution in [0.5, 0.6) is 11.5 Å². The van der Waals surface area contributed by atoms with Crippen LogP contribution in [0.15, 0.2) is 83.8 Å². The number of hydrogen-bond acceptors (Lipinski definition) is 6. The predicted molar refractivity (Wildman–Crippen MR) is 155 cm³/mol. The number of hydrogen-bond donors (Lipinski definition) is 1. The molecule has 0 bridgehead atoms. The van der Waals surface area contributed by atoms with Gasteiger partial charge in [0.25, 0.3) is 10.0 Å². The highest BCUT2D eigenvalue weighted by Gasteiger charge is 2.34. The van der Waals surface area contributed by atoms with Gasteiger partial charge in [-0.1, -0.05) is 55.5 Å². The lowest BCUT2D eigenvalue weighted by Crippen LogP contribution is -2.52. The molecule has 0 saturated carbocycles. The van der Waals surface area contributed by atoms with Crippen molar-refractivity contribution in [2.24, 2.45) is 0 Å². The zero-order chi connectivity index (χ0) is 29.3. The van der Waals surface area contributed by atoms with Gasteiger partial charge in [-0.2, -0.15) is 0 Å². The van der Waals surface area contributed by atoms with Gasteiger partial charge in [0, 0.05) is 18.7 Å². The van der Waals surface area contributed by atoms with Crippen molar-refractivity contribution < 1.29 is 27.5 Å². The van der Waals surface area contributed by atoms with Crippen molar-refractivity contribution in [3.8, 4) is 11.5 Å². The molecule has 214 valence electrons. The maximum atomic E-state index is 14.0. The third-order valence-corrected chi connectivity index (χ3v) is 8.40. The maximum Gasteiger partial charge on any atom is 0.264 e. The normalized spacial score (nSPS) is 12.6. The molecule has 40 heavy (non-hydrogen) atoms. The quantitative estimate of drug-likeness (QED) is 0.332. The highest BCUT2D eigenvalue weighted by Crippen LogP contribution is 2.36. The molecule has 3 aromatic carbocycles. The summed E-state index contributed by atoms with van der Waals surface area (Å²) in [7, 11) is -1.35. The molecule has 0 aromatic heterocycles. The van der Waals surface area contributed by atoms with E-state index in [4.69, 9.17) is 9.47 Å². The zero-order valence-electron chi connectivity index (χ0n) is 23.5. The molecule has 0 spiro atoms. The molecule has 0 heterocycles. The van der Waals surface area contributed by atoms with E-state index in [1.165, 1.54) is 37.3 Å². The van der Waals surface area contributed by atoms with Crippen LogP contribution in [0, 0.1) is 0 Å². The molecule has 0 saturated heterocycles. The lowest BCUT2D eigenvalue weighted by atomic mass is 10.1. The Kier molecular flexibility index (Phi) is 10.6. The number of benzene rings is 3. The largest absolute Gasteiger partial charge is 0.497 e. The monoisotopic (exact) mass is 567 g/mol. The smallest absolute Gasteiger partial charge is 0.264 e. The molecule has 2 atom stereocenters. The predicted octanol–water partition coefficient (Wildman–Crippen LogP) is 4.23. The maximum absolute atomic E-state index is 14.0. The van der Waals surface area contributed by atoms with Crippen molar-refractivity contribution >= 4 is 27.5 Å². The fourth-order valence-corrected chi connectivity index (χ4v) is 5.49. The molecule has 0 aliphatic heterocycles. The summed E-state index contributed by atoms with van der Waals surface area (Å²) in [5, 5.41) is 2.92. The van der Waals surface area contributed by atoms with Crippen molar-refractivity contribution in [1.29, 1.82) is 0 Å². The van der Waals surface area contributed by atoms with Crippen molar-refractivity contribution in [2.45, 2.75) is 50.7 Å². The standard InChI is InChI=1S/C30H37N3O6S/c1-6-22(2)31-30(35)23(3)32(20-24-13-9-7-10-14-24)29(34)21-33(40(36,37)26-15-11-8-12-16-26)27-19-25(38-4)17-18-28(27)39-5/h7-19,22-23H,6,20-21H2,1-5H3,(H,31,35)/t22-,23+/m0/s1. The highest BCUT2D eigenvalue weighted by molar-refractivity contribution is 7.92. The van der Waals surface area contributed by atoms with E-state index in [0.717, 1.165) is 16.3 Å². The van der Waals surface area contributed by atoms with Crippen molar-refractivity contribution in [1.82, 2.24) is 10.2 Å². The van der Waals surface area contributed by atoms with Gasteiger partial charge in [0.1, 0.15) is 24.1 Å². The van der Waals surface area contributed by atoms with E-state index in [-0.39, 0.29) is 34.8 Å². The molecule has 2 amide bonds. The summed E-state index contributed by atoms with van der Waals surface area (Å²) in [6, 6.07) is 20.9. The number of sulfonamides is 1. The molecule has 0 unspecified atom stereocenters. The number of ether oxygens (including phenoxy) is 2. The van der Waals surface area contributed by atoms with E-state index in [1.54, 1.807) is 37.3 Å². The third kappa shape index (κ3) is 7.32. The minimum Gasteiger partial charge on any atom is -0.497 e. The zero-order valence-corrected chi connectivity index (χ0v) is 24.4. The third-order valence-electron chi connectivity index (χ3n) is 6.63. The van der Waals surface area contributed by atoms with Crippen LogP contribution in [0.2, 0.25) is 0 Å². The number of carbonyl (C=O) groups is 2. The van der Waals surface area contributed by atoms with Crippen LogP contribution in [0.1, 0.15) is 32.8 Å². The van der Waals surface area contributed by atoms with Crippen LogP contribution >= 0.6 is 0 Å². The number of anilines is 1. The van der Waals surface area contributed by atoms with Gasteiger partial charge in [-0.05, 0) is 50.1 Å². The van der Waals surface area contributed by atoms with Gasteiger partial charge in [-0.15, -0.1) is 0 Å². The number of nitrogens with zero attached hydrogens (tertiary/aromatic N) is 2. The molecule has 3 aromatic rings. The van der Waals surface area contributed by atoms with Crippen LogP contribution in [-0.2, 0) is 26.2 Å². The summed E-state index contributed by atoms with van der Waals surface area (Å²) >= 11 is 0. The van der Waals surface area contributed by atoms with E-state index in [2.05, 4.69) is 5.32 Å². The first-order valence-electron chi connectivity index (χ1n) is 13.1. The van der Waals surface area contributed by atoms with Gasteiger partial charge in [0.05, 0.1) is 24.8 Å². The summed E-state index contributed by atoms with van der Waals surface area (Å²) in [6.07, 6.45) is 0.726. The van der Waals surface area contributed by atoms with Crippen LogP contribution in [-0.4, -0.2) is 58.0 Å². The van der Waals surface area contributed by atoms with Crippen molar-refractivity contribution in [2.75, 3.05) is 25.1 Å². The van der Waals surface area contributed by atoms with E-state index in [1.807, 2.05) is 44.2 Å². The molecular weight excluding hydrogens is 530 g/mol. The lowest BCUT2D eigenvalue weighted by Gasteiger charge is -2.33. The molecule has 1 N–H and O–H groups in total. The molecule has 10 heteroatoms. The molecule has 0 aliphatic carbocycles. The Morgan fingerprint density at radius 2 is 1.52 bits per heavy atom.